The molecule has 0 bridgehead atoms. The van der Waals surface area contributed by atoms with E-state index in [9.17, 15) is 8.78 Å². The van der Waals surface area contributed by atoms with Gasteiger partial charge in [-0.1, -0.05) is 17.8 Å². The van der Waals surface area contributed by atoms with Crippen LogP contribution in [0.25, 0.3) is 0 Å². The highest BCUT2D eigenvalue weighted by Gasteiger charge is 2.03. The smallest absolute Gasteiger partial charge is 0.159 e. The van der Waals surface area contributed by atoms with E-state index in [1.54, 1.807) is 18.3 Å². The second kappa shape index (κ2) is 5.03. The van der Waals surface area contributed by atoms with Crippen molar-refractivity contribution < 1.29 is 8.78 Å². The molecule has 2 aromatic rings. The number of rotatable bonds is 3. The fourth-order valence-electron chi connectivity index (χ4n) is 1.15. The maximum Gasteiger partial charge on any atom is 0.159 e. The van der Waals surface area contributed by atoms with Crippen LogP contribution in [0.5, 0.6) is 0 Å². The highest BCUT2D eigenvalue weighted by atomic mass is 32.2. The Kier molecular flexibility index (Phi) is 3.46. The van der Waals surface area contributed by atoms with Gasteiger partial charge in [-0.15, -0.1) is 5.10 Å². The summed E-state index contributed by atoms with van der Waals surface area (Å²) in [6.07, 6.45) is 1.58. The minimum atomic E-state index is -0.826. The lowest BCUT2D eigenvalue weighted by Gasteiger charge is -2.01. The summed E-state index contributed by atoms with van der Waals surface area (Å²) >= 11 is 1.43. The maximum atomic E-state index is 12.9. The molecule has 0 aliphatic carbocycles. The van der Waals surface area contributed by atoms with E-state index >= 15 is 0 Å². The van der Waals surface area contributed by atoms with Crippen LogP contribution in [0.2, 0.25) is 0 Å². The average Bonchev–Trinajstić information content (AvgIpc) is 2.32. The van der Waals surface area contributed by atoms with Gasteiger partial charge in [0.05, 0.1) is 0 Å². The van der Waals surface area contributed by atoms with Gasteiger partial charge in [-0.2, -0.15) is 5.10 Å². The van der Waals surface area contributed by atoms with Crippen molar-refractivity contribution in [2.75, 3.05) is 0 Å². The largest absolute Gasteiger partial charge is 0.204 e. The normalized spacial score (nSPS) is 10.4. The van der Waals surface area contributed by atoms with Crippen LogP contribution in [-0.4, -0.2) is 10.2 Å². The molecular formula is C11H8F2N2S. The third kappa shape index (κ3) is 2.76. The van der Waals surface area contributed by atoms with Crippen molar-refractivity contribution in [1.82, 2.24) is 10.2 Å². The van der Waals surface area contributed by atoms with Crippen LogP contribution >= 0.6 is 11.8 Å². The topological polar surface area (TPSA) is 25.8 Å². The Morgan fingerprint density at radius 3 is 2.69 bits per heavy atom. The third-order valence-electron chi connectivity index (χ3n) is 1.92. The Labute approximate surface area is 95.7 Å². The van der Waals surface area contributed by atoms with Crippen molar-refractivity contribution in [2.24, 2.45) is 0 Å². The van der Waals surface area contributed by atoms with Crippen LogP contribution in [0.1, 0.15) is 5.56 Å². The highest BCUT2D eigenvalue weighted by Crippen LogP contribution is 2.20. The molecule has 0 aliphatic rings. The molecule has 0 aliphatic heterocycles. The number of benzene rings is 1. The van der Waals surface area contributed by atoms with E-state index in [1.807, 2.05) is 6.07 Å². The van der Waals surface area contributed by atoms with Gasteiger partial charge in [0.15, 0.2) is 11.6 Å². The summed E-state index contributed by atoms with van der Waals surface area (Å²) in [5.41, 5.74) is 0.717. The summed E-state index contributed by atoms with van der Waals surface area (Å²) in [7, 11) is 0. The monoisotopic (exact) mass is 238 g/mol. The van der Waals surface area contributed by atoms with Crippen LogP contribution in [0, 0.1) is 11.6 Å². The van der Waals surface area contributed by atoms with Crippen molar-refractivity contribution in [1.29, 1.82) is 0 Å². The minimum absolute atomic E-state index is 0.538. The third-order valence-corrected chi connectivity index (χ3v) is 2.91. The van der Waals surface area contributed by atoms with Gasteiger partial charge in [-0.05, 0) is 29.8 Å². The first-order valence-corrected chi connectivity index (χ1v) is 5.59. The van der Waals surface area contributed by atoms with E-state index in [2.05, 4.69) is 10.2 Å². The first-order chi connectivity index (χ1) is 7.75. The first kappa shape index (κ1) is 11.0. The number of halogens is 2. The number of hydrogen-bond donors (Lipinski definition) is 0. The number of hydrogen-bond acceptors (Lipinski definition) is 3. The molecule has 0 saturated carbocycles. The van der Waals surface area contributed by atoms with Crippen molar-refractivity contribution in [2.45, 2.75) is 10.8 Å². The first-order valence-electron chi connectivity index (χ1n) is 4.60. The van der Waals surface area contributed by atoms with E-state index in [0.717, 1.165) is 16.7 Å². The molecule has 0 N–H and O–H groups in total. The maximum absolute atomic E-state index is 12.9. The predicted octanol–water partition coefficient (Wildman–Crippen LogP) is 3.05. The summed E-state index contributed by atoms with van der Waals surface area (Å²) in [5.74, 6) is -1.11. The second-order valence-electron chi connectivity index (χ2n) is 3.10. The molecule has 5 heteroatoms. The zero-order valence-corrected chi connectivity index (χ0v) is 9.05. The number of thioether (sulfide) groups is 1. The molecule has 82 valence electrons. The Morgan fingerprint density at radius 1 is 1.12 bits per heavy atom. The van der Waals surface area contributed by atoms with E-state index < -0.39 is 11.6 Å². The quantitative estimate of drug-likeness (QED) is 0.768. The minimum Gasteiger partial charge on any atom is -0.204 e. The molecule has 0 saturated heterocycles. The van der Waals surface area contributed by atoms with Crippen molar-refractivity contribution in [3.63, 3.8) is 0 Å². The molecule has 2 rings (SSSR count). The zero-order chi connectivity index (χ0) is 11.4. The van der Waals surface area contributed by atoms with Gasteiger partial charge in [-0.3, -0.25) is 0 Å². The predicted molar refractivity (Wildman–Crippen MR) is 58.0 cm³/mol. The molecule has 2 nitrogen and oxygen atoms in total. The molecule has 0 amide bonds. The molecule has 1 aromatic carbocycles. The Morgan fingerprint density at radius 2 is 2.00 bits per heavy atom. The van der Waals surface area contributed by atoms with Gasteiger partial charge in [0, 0.05) is 11.9 Å². The van der Waals surface area contributed by atoms with E-state index in [-0.39, 0.29) is 0 Å². The van der Waals surface area contributed by atoms with E-state index in [0.29, 0.717) is 5.75 Å². The van der Waals surface area contributed by atoms with E-state index in [1.165, 1.54) is 17.8 Å². The van der Waals surface area contributed by atoms with Crippen molar-refractivity contribution >= 4 is 11.8 Å². The number of aromatic nitrogens is 2. The highest BCUT2D eigenvalue weighted by molar-refractivity contribution is 7.98. The lowest BCUT2D eigenvalue weighted by molar-refractivity contribution is 0.507. The van der Waals surface area contributed by atoms with Gasteiger partial charge in [0.25, 0.3) is 0 Å². The summed E-state index contributed by atoms with van der Waals surface area (Å²) in [6, 6.07) is 7.47. The molecule has 0 spiro atoms. The van der Waals surface area contributed by atoms with Gasteiger partial charge in [-0.25, -0.2) is 8.78 Å². The standard InChI is InChI=1S/C11H8F2N2S/c12-9-4-3-8(6-10(9)13)7-16-11-2-1-5-14-15-11/h1-6H,7H2. The fourth-order valence-corrected chi connectivity index (χ4v) is 1.92. The summed E-state index contributed by atoms with van der Waals surface area (Å²) in [5, 5.41) is 8.36. The van der Waals surface area contributed by atoms with E-state index in [4.69, 9.17) is 0 Å². The Bertz CT molecular complexity index is 477. The van der Waals surface area contributed by atoms with Crippen molar-refractivity contribution in [3.8, 4) is 0 Å². The van der Waals surface area contributed by atoms with Crippen LogP contribution in [0.15, 0.2) is 41.6 Å². The van der Waals surface area contributed by atoms with Crippen molar-refractivity contribution in [3.05, 3.63) is 53.7 Å². The SMILES string of the molecule is Fc1ccc(CSc2cccnn2)cc1F. The molecule has 1 heterocycles. The lowest BCUT2D eigenvalue weighted by Crippen LogP contribution is -1.88. The average molecular weight is 238 g/mol. The number of nitrogens with zero attached hydrogens (tertiary/aromatic N) is 2. The molecule has 1 aromatic heterocycles. The molecule has 0 unspecified atom stereocenters. The lowest BCUT2D eigenvalue weighted by atomic mass is 10.2. The summed E-state index contributed by atoms with van der Waals surface area (Å²) in [4.78, 5) is 0. The Balaban J connectivity index is 2.03. The zero-order valence-electron chi connectivity index (χ0n) is 8.23. The van der Waals surface area contributed by atoms with Crippen LogP contribution in [-0.2, 0) is 5.75 Å². The molecule has 0 radical (unpaired) electrons. The summed E-state index contributed by atoms with van der Waals surface area (Å²) in [6.45, 7) is 0. The van der Waals surface area contributed by atoms with Crippen LogP contribution in [0.3, 0.4) is 0 Å². The molecular weight excluding hydrogens is 230 g/mol. The molecule has 0 atom stereocenters. The van der Waals surface area contributed by atoms with Gasteiger partial charge >= 0.3 is 0 Å². The van der Waals surface area contributed by atoms with Crippen LogP contribution < -0.4 is 0 Å². The molecule has 0 fully saturated rings. The Hall–Kier alpha value is -1.49. The molecule has 16 heavy (non-hydrogen) atoms. The summed E-state index contributed by atoms with van der Waals surface area (Å²) < 4.78 is 25.6. The second-order valence-corrected chi connectivity index (χ2v) is 4.09. The van der Waals surface area contributed by atoms with Crippen LogP contribution in [0.4, 0.5) is 8.78 Å². The van der Waals surface area contributed by atoms with Gasteiger partial charge < -0.3 is 0 Å². The van der Waals surface area contributed by atoms with Gasteiger partial charge in [0.1, 0.15) is 5.03 Å². The van der Waals surface area contributed by atoms with Gasteiger partial charge in [0.2, 0.25) is 0 Å². The fraction of sp³-hybridized carbons (Fsp3) is 0.0909.